The minimum absolute atomic E-state index is 0.586. The van der Waals surface area contributed by atoms with Crippen molar-refractivity contribution >= 4 is 15.9 Å². The molecule has 0 bridgehead atoms. The van der Waals surface area contributed by atoms with E-state index in [0.717, 1.165) is 0 Å². The molecule has 0 saturated carbocycles. The lowest BCUT2D eigenvalue weighted by atomic mass is 9.80. The number of hydrogen-bond donors (Lipinski definition) is 0. The molecule has 0 N–H and O–H groups in total. The number of halogens is 1. The van der Waals surface area contributed by atoms with Gasteiger partial charge in [-0.1, -0.05) is 88.1 Å². The van der Waals surface area contributed by atoms with Crippen LogP contribution in [0.4, 0.5) is 0 Å². The van der Waals surface area contributed by atoms with Crippen LogP contribution in [0.5, 0.6) is 0 Å². The molecule has 0 aromatic heterocycles. The van der Waals surface area contributed by atoms with E-state index in [0.29, 0.717) is 5.41 Å². The zero-order chi connectivity index (χ0) is 13.0. The van der Waals surface area contributed by atoms with Crippen molar-refractivity contribution in [2.24, 2.45) is 5.41 Å². The van der Waals surface area contributed by atoms with E-state index in [9.17, 15) is 0 Å². The second-order valence-electron chi connectivity index (χ2n) is 5.57. The summed E-state index contributed by atoms with van der Waals surface area (Å²) in [6.07, 6.45) is 15.6. The van der Waals surface area contributed by atoms with Gasteiger partial charge in [0.25, 0.3) is 0 Å². The molecule has 0 aliphatic carbocycles. The maximum atomic E-state index is 3.70. The molecule has 0 heterocycles. The fourth-order valence-corrected chi connectivity index (χ4v) is 3.57. The first kappa shape index (κ1) is 17.5. The Hall–Kier alpha value is 0.480. The van der Waals surface area contributed by atoms with E-state index in [4.69, 9.17) is 0 Å². The first-order valence-electron chi connectivity index (χ1n) is 7.80. The topological polar surface area (TPSA) is 0 Å². The van der Waals surface area contributed by atoms with Crippen LogP contribution in [0, 0.1) is 5.41 Å². The van der Waals surface area contributed by atoms with Crippen molar-refractivity contribution in [3.8, 4) is 0 Å². The highest BCUT2D eigenvalue weighted by Crippen LogP contribution is 2.34. The Kier molecular flexibility index (Phi) is 11.9. The summed E-state index contributed by atoms with van der Waals surface area (Å²) in [7, 11) is 0. The molecule has 0 saturated heterocycles. The first-order chi connectivity index (χ1) is 8.24. The molecular formula is C16H33Br. The van der Waals surface area contributed by atoms with Crippen molar-refractivity contribution in [1.29, 1.82) is 0 Å². The van der Waals surface area contributed by atoms with Crippen LogP contribution in [0.2, 0.25) is 0 Å². The minimum atomic E-state index is 0.586. The van der Waals surface area contributed by atoms with Crippen molar-refractivity contribution in [3.05, 3.63) is 0 Å². The second-order valence-corrected chi connectivity index (χ2v) is 6.13. The molecule has 0 rings (SSSR count). The predicted octanol–water partition coefficient (Wildman–Crippen LogP) is 6.72. The predicted molar refractivity (Wildman–Crippen MR) is 84.0 cm³/mol. The highest BCUT2D eigenvalue weighted by molar-refractivity contribution is 9.09. The standard InChI is InChI=1S/C16H33Br/c1-4-7-8-9-10-11-12-13-14-16(5-2,6-3)15-17/h4-15H2,1-3H3. The number of alkyl halides is 1. The molecular weight excluding hydrogens is 272 g/mol. The van der Waals surface area contributed by atoms with Gasteiger partial charge >= 0.3 is 0 Å². The van der Waals surface area contributed by atoms with E-state index in [2.05, 4.69) is 36.7 Å². The summed E-state index contributed by atoms with van der Waals surface area (Å²) < 4.78 is 0. The van der Waals surface area contributed by atoms with Gasteiger partial charge in [-0.2, -0.15) is 0 Å². The zero-order valence-corrected chi connectivity index (χ0v) is 13.9. The van der Waals surface area contributed by atoms with E-state index >= 15 is 0 Å². The van der Waals surface area contributed by atoms with Crippen LogP contribution in [-0.2, 0) is 0 Å². The monoisotopic (exact) mass is 304 g/mol. The lowest BCUT2D eigenvalue weighted by Gasteiger charge is -2.29. The molecule has 0 amide bonds. The van der Waals surface area contributed by atoms with Gasteiger partial charge in [-0.15, -0.1) is 0 Å². The third-order valence-electron chi connectivity index (χ3n) is 4.34. The van der Waals surface area contributed by atoms with Crippen LogP contribution in [0.15, 0.2) is 0 Å². The van der Waals surface area contributed by atoms with Crippen molar-refractivity contribution < 1.29 is 0 Å². The van der Waals surface area contributed by atoms with Crippen LogP contribution in [0.3, 0.4) is 0 Å². The van der Waals surface area contributed by atoms with Gasteiger partial charge < -0.3 is 0 Å². The van der Waals surface area contributed by atoms with E-state index in [1.165, 1.54) is 76.0 Å². The van der Waals surface area contributed by atoms with Gasteiger partial charge in [0.2, 0.25) is 0 Å². The molecule has 104 valence electrons. The van der Waals surface area contributed by atoms with Crippen molar-refractivity contribution in [3.63, 3.8) is 0 Å². The molecule has 17 heavy (non-hydrogen) atoms. The maximum absolute atomic E-state index is 3.70. The van der Waals surface area contributed by atoms with Crippen molar-refractivity contribution in [2.45, 2.75) is 91.4 Å². The quantitative estimate of drug-likeness (QED) is 0.277. The normalized spacial score (nSPS) is 12.0. The fourth-order valence-electron chi connectivity index (χ4n) is 2.49. The summed E-state index contributed by atoms with van der Waals surface area (Å²) in [5.74, 6) is 0. The van der Waals surface area contributed by atoms with Crippen LogP contribution in [-0.4, -0.2) is 5.33 Å². The van der Waals surface area contributed by atoms with Gasteiger partial charge in [0.05, 0.1) is 0 Å². The van der Waals surface area contributed by atoms with E-state index in [-0.39, 0.29) is 0 Å². The van der Waals surface area contributed by atoms with Gasteiger partial charge in [0.1, 0.15) is 0 Å². The van der Waals surface area contributed by atoms with Crippen LogP contribution in [0.1, 0.15) is 91.4 Å². The maximum Gasteiger partial charge on any atom is 0.00877 e. The molecule has 0 nitrogen and oxygen atoms in total. The lowest BCUT2D eigenvalue weighted by molar-refractivity contribution is 0.271. The number of rotatable bonds is 12. The summed E-state index contributed by atoms with van der Waals surface area (Å²) in [5, 5.41) is 1.18. The molecule has 1 heteroatoms. The average molecular weight is 305 g/mol. The summed E-state index contributed by atoms with van der Waals surface area (Å²) in [6, 6.07) is 0. The van der Waals surface area contributed by atoms with Crippen LogP contribution < -0.4 is 0 Å². The highest BCUT2D eigenvalue weighted by Gasteiger charge is 2.23. The van der Waals surface area contributed by atoms with Crippen molar-refractivity contribution in [2.75, 3.05) is 5.33 Å². The van der Waals surface area contributed by atoms with Crippen LogP contribution >= 0.6 is 15.9 Å². The minimum Gasteiger partial charge on any atom is -0.0922 e. The number of unbranched alkanes of at least 4 members (excludes halogenated alkanes) is 7. The SMILES string of the molecule is CCCCCCCCCCC(CC)(CC)CBr. The Labute approximate surface area is 118 Å². The molecule has 0 radical (unpaired) electrons. The zero-order valence-electron chi connectivity index (χ0n) is 12.4. The third kappa shape index (κ3) is 8.24. The Bertz CT molecular complexity index is 141. The summed E-state index contributed by atoms with van der Waals surface area (Å²) in [4.78, 5) is 0. The lowest BCUT2D eigenvalue weighted by Crippen LogP contribution is -2.20. The first-order valence-corrected chi connectivity index (χ1v) is 8.92. The average Bonchev–Trinajstić information content (AvgIpc) is 2.38. The molecule has 0 fully saturated rings. The van der Waals surface area contributed by atoms with Gasteiger partial charge in [0, 0.05) is 5.33 Å². The molecule has 0 aliphatic heterocycles. The van der Waals surface area contributed by atoms with Crippen molar-refractivity contribution in [1.82, 2.24) is 0 Å². The summed E-state index contributed by atoms with van der Waals surface area (Å²) in [6.45, 7) is 6.97. The Morgan fingerprint density at radius 1 is 0.706 bits per heavy atom. The fraction of sp³-hybridized carbons (Fsp3) is 1.00. The Morgan fingerprint density at radius 3 is 1.59 bits per heavy atom. The van der Waals surface area contributed by atoms with E-state index in [1.54, 1.807) is 0 Å². The van der Waals surface area contributed by atoms with Crippen LogP contribution in [0.25, 0.3) is 0 Å². The van der Waals surface area contributed by atoms with E-state index in [1.807, 2.05) is 0 Å². The third-order valence-corrected chi connectivity index (χ3v) is 5.53. The largest absolute Gasteiger partial charge is 0.0922 e. The molecule has 0 spiro atoms. The van der Waals surface area contributed by atoms with Gasteiger partial charge in [0.15, 0.2) is 0 Å². The highest BCUT2D eigenvalue weighted by atomic mass is 79.9. The second kappa shape index (κ2) is 11.6. The van der Waals surface area contributed by atoms with Gasteiger partial charge in [-0.25, -0.2) is 0 Å². The summed E-state index contributed by atoms with van der Waals surface area (Å²) >= 11 is 3.70. The molecule has 0 atom stereocenters. The van der Waals surface area contributed by atoms with E-state index < -0.39 is 0 Å². The Balaban J connectivity index is 3.43. The molecule has 0 aliphatic rings. The summed E-state index contributed by atoms with van der Waals surface area (Å²) in [5.41, 5.74) is 0.586. The van der Waals surface area contributed by atoms with Gasteiger partial charge in [-0.05, 0) is 24.7 Å². The smallest absolute Gasteiger partial charge is 0.00877 e. The molecule has 0 aromatic carbocycles. The number of hydrogen-bond acceptors (Lipinski definition) is 0. The molecule has 0 aromatic rings. The molecule has 0 unspecified atom stereocenters. The Morgan fingerprint density at radius 2 is 1.18 bits per heavy atom. The van der Waals surface area contributed by atoms with Gasteiger partial charge in [-0.3, -0.25) is 0 Å².